The first-order valence-electron chi connectivity index (χ1n) is 3.47. The molecule has 1 aliphatic rings. The van der Waals surface area contributed by atoms with Gasteiger partial charge in [0.05, 0.1) is 4.92 Å². The van der Waals surface area contributed by atoms with Crippen LogP contribution in [0.15, 0.2) is 6.20 Å². The SMILES string of the molecule is O=C1N[NH+](c2[nH]ncc2[N+](=O)[O-])NO1. The number of nitrogens with one attached hydrogen (secondary N) is 4. The molecule has 1 saturated heterocycles. The Balaban J connectivity index is 2.28. The first kappa shape index (κ1) is 8.40. The van der Waals surface area contributed by atoms with Gasteiger partial charge in [0.25, 0.3) is 0 Å². The van der Waals surface area contributed by atoms with Gasteiger partial charge < -0.3 is 4.84 Å². The number of quaternary nitrogens is 1. The van der Waals surface area contributed by atoms with Crippen molar-refractivity contribution in [2.45, 2.75) is 0 Å². The molecule has 1 fully saturated rings. The number of aromatic amines is 1. The van der Waals surface area contributed by atoms with E-state index in [1.165, 1.54) is 0 Å². The van der Waals surface area contributed by atoms with E-state index in [1.54, 1.807) is 0 Å². The van der Waals surface area contributed by atoms with Gasteiger partial charge in [0.1, 0.15) is 6.20 Å². The molecule has 2 rings (SSSR count). The Morgan fingerprint density at radius 2 is 2.43 bits per heavy atom. The molecule has 0 spiro atoms. The Labute approximate surface area is 75.9 Å². The molecule has 10 nitrogen and oxygen atoms in total. The van der Waals surface area contributed by atoms with Crippen LogP contribution in [0.3, 0.4) is 0 Å². The van der Waals surface area contributed by atoms with Gasteiger partial charge in [-0.15, -0.1) is 5.43 Å². The molecule has 1 amide bonds. The first-order chi connectivity index (χ1) is 6.68. The van der Waals surface area contributed by atoms with Crippen LogP contribution < -0.4 is 16.1 Å². The van der Waals surface area contributed by atoms with Crippen molar-refractivity contribution >= 4 is 17.6 Å². The van der Waals surface area contributed by atoms with Crippen molar-refractivity contribution in [3.05, 3.63) is 16.3 Å². The molecular weight excluding hydrogens is 196 g/mol. The van der Waals surface area contributed by atoms with Gasteiger partial charge in [0.2, 0.25) is 0 Å². The Morgan fingerprint density at radius 1 is 1.64 bits per heavy atom. The summed E-state index contributed by atoms with van der Waals surface area (Å²) in [4.78, 5) is 24.8. The number of hydrogen-bond donors (Lipinski definition) is 4. The molecule has 1 atom stereocenters. The minimum atomic E-state index is -0.733. The van der Waals surface area contributed by atoms with Gasteiger partial charge in [-0.1, -0.05) is 5.12 Å². The number of carbonyl (C=O) groups excluding carboxylic acids is 1. The van der Waals surface area contributed by atoms with Gasteiger partial charge >= 0.3 is 17.6 Å². The van der Waals surface area contributed by atoms with Gasteiger partial charge in [0.15, 0.2) is 0 Å². The summed E-state index contributed by atoms with van der Waals surface area (Å²) in [5, 5.41) is 16.4. The number of aromatic nitrogens is 2. The molecule has 0 aromatic carbocycles. The van der Waals surface area contributed by atoms with Crippen molar-refractivity contribution in [1.82, 2.24) is 21.2 Å². The highest BCUT2D eigenvalue weighted by molar-refractivity contribution is 5.66. The molecule has 10 heteroatoms. The normalized spacial score (nSPS) is 20.3. The number of nitrogens with zero attached hydrogens (tertiary/aromatic N) is 2. The average molecular weight is 201 g/mol. The van der Waals surface area contributed by atoms with Crippen LogP contribution >= 0.6 is 0 Å². The molecule has 1 unspecified atom stereocenters. The van der Waals surface area contributed by atoms with E-state index in [4.69, 9.17) is 0 Å². The maximum Gasteiger partial charge on any atom is 0.477 e. The zero-order chi connectivity index (χ0) is 10.1. The lowest BCUT2D eigenvalue weighted by atomic mass is 10.5. The minimum absolute atomic E-state index is 0.0563. The van der Waals surface area contributed by atoms with Crippen molar-refractivity contribution in [2.75, 3.05) is 0 Å². The Kier molecular flexibility index (Phi) is 1.76. The van der Waals surface area contributed by atoms with Crippen LogP contribution in [0.2, 0.25) is 0 Å². The van der Waals surface area contributed by atoms with Crippen LogP contribution in [0.25, 0.3) is 0 Å². The van der Waals surface area contributed by atoms with Crippen LogP contribution in [-0.4, -0.2) is 21.2 Å². The second-order valence-electron chi connectivity index (χ2n) is 2.38. The first-order valence-corrected chi connectivity index (χ1v) is 3.47. The fourth-order valence-electron chi connectivity index (χ4n) is 0.966. The average Bonchev–Trinajstić information content (AvgIpc) is 2.70. The predicted molar refractivity (Wildman–Crippen MR) is 38.6 cm³/mol. The molecule has 74 valence electrons. The fraction of sp³-hybridized carbons (Fsp3) is 0. The van der Waals surface area contributed by atoms with E-state index < -0.39 is 11.0 Å². The lowest BCUT2D eigenvalue weighted by Crippen LogP contribution is -3.17. The molecule has 1 aromatic rings. The van der Waals surface area contributed by atoms with E-state index in [9.17, 15) is 14.9 Å². The third kappa shape index (κ3) is 1.23. The third-order valence-electron chi connectivity index (χ3n) is 1.54. The lowest BCUT2D eigenvalue weighted by Gasteiger charge is -2.01. The molecule has 2 heterocycles. The van der Waals surface area contributed by atoms with Gasteiger partial charge in [-0.25, -0.2) is 9.89 Å². The topological polar surface area (TPSA) is 127 Å². The lowest BCUT2D eigenvalue weighted by molar-refractivity contribution is -0.928. The van der Waals surface area contributed by atoms with Crippen molar-refractivity contribution in [3.8, 4) is 0 Å². The maximum atomic E-state index is 10.6. The highest BCUT2D eigenvalue weighted by Crippen LogP contribution is 2.15. The molecule has 1 aliphatic heterocycles. The molecular formula is C4H5N6O4+. The maximum absolute atomic E-state index is 10.6. The highest BCUT2D eigenvalue weighted by Gasteiger charge is 2.34. The quantitative estimate of drug-likeness (QED) is 0.321. The van der Waals surface area contributed by atoms with Gasteiger partial charge in [0, 0.05) is 5.59 Å². The number of amides is 1. The van der Waals surface area contributed by atoms with Crippen molar-refractivity contribution in [3.63, 3.8) is 0 Å². The van der Waals surface area contributed by atoms with E-state index in [-0.39, 0.29) is 16.6 Å². The Hall–Kier alpha value is -2.20. The number of nitro groups is 1. The van der Waals surface area contributed by atoms with E-state index in [2.05, 4.69) is 26.0 Å². The number of rotatable bonds is 2. The summed E-state index contributed by atoms with van der Waals surface area (Å²) in [6, 6.07) is 0. The van der Waals surface area contributed by atoms with Crippen LogP contribution in [0.5, 0.6) is 0 Å². The number of hydrogen-bond acceptors (Lipinski definition) is 6. The molecule has 4 N–H and O–H groups in total. The Morgan fingerprint density at radius 3 is 3.00 bits per heavy atom. The van der Waals surface area contributed by atoms with Gasteiger partial charge in [-0.3, -0.25) is 10.1 Å². The second-order valence-corrected chi connectivity index (χ2v) is 2.38. The zero-order valence-corrected chi connectivity index (χ0v) is 6.60. The van der Waals surface area contributed by atoms with Crippen molar-refractivity contribution in [2.24, 2.45) is 0 Å². The Bertz CT molecular complexity index is 387. The molecule has 14 heavy (non-hydrogen) atoms. The predicted octanol–water partition coefficient (Wildman–Crippen LogP) is -2.09. The number of H-pyrrole nitrogens is 1. The summed E-state index contributed by atoms with van der Waals surface area (Å²) in [5.41, 5.74) is 4.15. The molecule has 0 radical (unpaired) electrons. The summed E-state index contributed by atoms with van der Waals surface area (Å²) < 4.78 is 0. The van der Waals surface area contributed by atoms with E-state index >= 15 is 0 Å². The second kappa shape index (κ2) is 2.93. The fourth-order valence-corrected chi connectivity index (χ4v) is 0.966. The largest absolute Gasteiger partial charge is 0.477 e. The highest BCUT2D eigenvalue weighted by atomic mass is 16.8. The molecule has 1 aromatic heterocycles. The van der Waals surface area contributed by atoms with Gasteiger partial charge in [-0.2, -0.15) is 5.10 Å². The molecule has 0 aliphatic carbocycles. The number of carbonyl (C=O) groups is 1. The molecule has 0 saturated carbocycles. The van der Waals surface area contributed by atoms with E-state index in [1.807, 2.05) is 0 Å². The van der Waals surface area contributed by atoms with Crippen LogP contribution in [0.4, 0.5) is 16.3 Å². The summed E-state index contributed by atoms with van der Waals surface area (Å²) in [6.45, 7) is 0. The van der Waals surface area contributed by atoms with Crippen molar-refractivity contribution < 1.29 is 19.7 Å². The summed E-state index contributed by atoms with van der Waals surface area (Å²) in [6.07, 6.45) is 0.304. The standard InChI is InChI=1S/C4H4N6O4/c11-4-7-9(8-14-4)3-2(10(12)13)1-5-6-3/h1,8H,(H,5,6)(H,7,11)/p+1. The summed E-state index contributed by atoms with van der Waals surface area (Å²) in [5.74, 6) is 0.0563. The zero-order valence-electron chi connectivity index (χ0n) is 6.60. The van der Waals surface area contributed by atoms with Gasteiger partial charge in [-0.05, 0) is 0 Å². The third-order valence-corrected chi connectivity index (χ3v) is 1.54. The summed E-state index contributed by atoms with van der Waals surface area (Å²) in [7, 11) is 0. The monoisotopic (exact) mass is 201 g/mol. The van der Waals surface area contributed by atoms with Crippen LogP contribution in [0.1, 0.15) is 0 Å². The smallest absolute Gasteiger partial charge is 0.300 e. The minimum Gasteiger partial charge on any atom is -0.300 e. The van der Waals surface area contributed by atoms with E-state index in [0.29, 0.717) is 0 Å². The molecule has 0 bridgehead atoms. The van der Waals surface area contributed by atoms with Crippen molar-refractivity contribution in [1.29, 1.82) is 0 Å². The van der Waals surface area contributed by atoms with Crippen LogP contribution in [0, 0.1) is 10.1 Å². The van der Waals surface area contributed by atoms with E-state index in [0.717, 1.165) is 6.20 Å². The van der Waals surface area contributed by atoms with Crippen LogP contribution in [-0.2, 0) is 4.84 Å². The summed E-state index contributed by atoms with van der Waals surface area (Å²) >= 11 is 0.